The molecule has 0 saturated heterocycles. The highest BCUT2D eigenvalue weighted by Crippen LogP contribution is 2.25. The first-order chi connectivity index (χ1) is 6.85. The summed E-state index contributed by atoms with van der Waals surface area (Å²) in [7, 11) is 1.68. The number of hydrazone groups is 1. The number of hydrogen-bond acceptors (Lipinski definition) is 3. The predicted molar refractivity (Wildman–Crippen MR) is 56.7 cm³/mol. The van der Waals surface area contributed by atoms with Crippen molar-refractivity contribution in [3.8, 4) is 5.75 Å². The third-order valence-corrected chi connectivity index (χ3v) is 2.64. The Labute approximate surface area is 83.6 Å². The van der Waals surface area contributed by atoms with Crippen LogP contribution < -0.4 is 10.6 Å². The Morgan fingerprint density at radius 2 is 2.21 bits per heavy atom. The summed E-state index contributed by atoms with van der Waals surface area (Å²) in [5, 5.41) is 3.82. The van der Waals surface area contributed by atoms with Crippen molar-refractivity contribution in [1.82, 2.24) is 0 Å². The van der Waals surface area contributed by atoms with Gasteiger partial charge in [-0.15, -0.1) is 0 Å². The summed E-state index contributed by atoms with van der Waals surface area (Å²) in [5.41, 5.74) is 3.48. The van der Waals surface area contributed by atoms with Gasteiger partial charge in [0.1, 0.15) is 5.75 Å². The molecule has 74 valence electrons. The van der Waals surface area contributed by atoms with Crippen LogP contribution in [0.3, 0.4) is 0 Å². The van der Waals surface area contributed by atoms with Crippen molar-refractivity contribution in [2.75, 3.05) is 7.11 Å². The van der Waals surface area contributed by atoms with Gasteiger partial charge < -0.3 is 10.6 Å². The lowest BCUT2D eigenvalue weighted by Crippen LogP contribution is -2.13. The minimum atomic E-state index is 0.905. The molecule has 1 aromatic rings. The molecule has 0 aliphatic heterocycles. The van der Waals surface area contributed by atoms with E-state index in [9.17, 15) is 0 Å². The minimum absolute atomic E-state index is 0.905. The Hall–Kier alpha value is -1.51. The number of hydrogen-bond donors (Lipinski definition) is 1. The molecule has 1 aliphatic rings. The van der Waals surface area contributed by atoms with Gasteiger partial charge in [0.2, 0.25) is 0 Å². The summed E-state index contributed by atoms with van der Waals surface area (Å²) in [6.45, 7) is 0. The van der Waals surface area contributed by atoms with Crippen LogP contribution in [0.1, 0.15) is 24.0 Å². The fourth-order valence-corrected chi connectivity index (χ4v) is 1.90. The molecule has 0 fully saturated rings. The van der Waals surface area contributed by atoms with E-state index in [-0.39, 0.29) is 0 Å². The Balaban J connectivity index is 2.46. The van der Waals surface area contributed by atoms with Gasteiger partial charge in [0.15, 0.2) is 0 Å². The quantitative estimate of drug-likeness (QED) is 0.541. The average molecular weight is 190 g/mol. The smallest absolute Gasteiger partial charge is 0.119 e. The molecule has 0 spiro atoms. The number of aryl methyl sites for hydroxylation is 1. The summed E-state index contributed by atoms with van der Waals surface area (Å²) < 4.78 is 5.18. The number of benzene rings is 1. The number of ether oxygens (including phenoxy) is 1. The second-order valence-corrected chi connectivity index (χ2v) is 3.45. The molecule has 14 heavy (non-hydrogen) atoms. The maximum atomic E-state index is 5.35. The summed E-state index contributed by atoms with van der Waals surface area (Å²) >= 11 is 0. The van der Waals surface area contributed by atoms with Crippen molar-refractivity contribution in [3.05, 3.63) is 29.3 Å². The van der Waals surface area contributed by atoms with Gasteiger partial charge in [-0.2, -0.15) is 5.10 Å². The molecule has 2 N–H and O–H groups in total. The van der Waals surface area contributed by atoms with E-state index in [1.165, 1.54) is 11.1 Å². The SMILES string of the molecule is COc1ccc2c(c1)CCC/C2=N\N. The van der Waals surface area contributed by atoms with Crippen LogP contribution in [-0.2, 0) is 6.42 Å². The van der Waals surface area contributed by atoms with Crippen LogP contribution >= 0.6 is 0 Å². The summed E-state index contributed by atoms with van der Waals surface area (Å²) in [6.07, 6.45) is 3.19. The molecule has 0 bridgehead atoms. The third-order valence-electron chi connectivity index (χ3n) is 2.64. The molecule has 0 saturated carbocycles. The van der Waals surface area contributed by atoms with Gasteiger partial charge in [-0.1, -0.05) is 0 Å². The molecular weight excluding hydrogens is 176 g/mol. The van der Waals surface area contributed by atoms with Crippen LogP contribution in [-0.4, -0.2) is 12.8 Å². The third kappa shape index (κ3) is 1.45. The molecule has 3 heteroatoms. The summed E-state index contributed by atoms with van der Waals surface area (Å²) in [4.78, 5) is 0. The first-order valence-electron chi connectivity index (χ1n) is 4.79. The van der Waals surface area contributed by atoms with Crippen molar-refractivity contribution in [2.45, 2.75) is 19.3 Å². The number of nitrogens with two attached hydrogens (primary N) is 1. The van der Waals surface area contributed by atoms with Crippen molar-refractivity contribution in [2.24, 2.45) is 10.9 Å². The molecule has 0 radical (unpaired) electrons. The van der Waals surface area contributed by atoms with Gasteiger partial charge in [0.25, 0.3) is 0 Å². The molecule has 0 aromatic heterocycles. The first kappa shape index (κ1) is 9.06. The Morgan fingerprint density at radius 3 is 2.93 bits per heavy atom. The van der Waals surface area contributed by atoms with Gasteiger partial charge in [-0.25, -0.2) is 0 Å². The topological polar surface area (TPSA) is 47.6 Å². The highest BCUT2D eigenvalue weighted by molar-refractivity contribution is 6.02. The zero-order chi connectivity index (χ0) is 9.97. The van der Waals surface area contributed by atoms with Crippen molar-refractivity contribution in [1.29, 1.82) is 0 Å². The summed E-state index contributed by atoms with van der Waals surface area (Å²) in [5.74, 6) is 6.25. The van der Waals surface area contributed by atoms with Gasteiger partial charge in [0.05, 0.1) is 12.8 Å². The highest BCUT2D eigenvalue weighted by atomic mass is 16.5. The number of rotatable bonds is 1. The molecule has 3 nitrogen and oxygen atoms in total. The Kier molecular flexibility index (Phi) is 2.39. The second kappa shape index (κ2) is 3.70. The zero-order valence-corrected chi connectivity index (χ0v) is 8.29. The van der Waals surface area contributed by atoms with Crippen LogP contribution in [0.2, 0.25) is 0 Å². The van der Waals surface area contributed by atoms with Gasteiger partial charge >= 0.3 is 0 Å². The lowest BCUT2D eigenvalue weighted by atomic mass is 9.90. The number of nitrogens with zero attached hydrogens (tertiary/aromatic N) is 1. The van der Waals surface area contributed by atoms with Crippen molar-refractivity contribution >= 4 is 5.71 Å². The number of fused-ring (bicyclic) bond motifs is 1. The summed E-state index contributed by atoms with van der Waals surface area (Å²) in [6, 6.07) is 6.06. The molecule has 0 unspecified atom stereocenters. The van der Waals surface area contributed by atoms with Gasteiger partial charge in [-0.05, 0) is 43.0 Å². The molecular formula is C11H14N2O. The fourth-order valence-electron chi connectivity index (χ4n) is 1.90. The monoisotopic (exact) mass is 190 g/mol. The maximum absolute atomic E-state index is 5.35. The van der Waals surface area contributed by atoms with Crippen LogP contribution in [0.4, 0.5) is 0 Å². The van der Waals surface area contributed by atoms with E-state index in [1.807, 2.05) is 12.1 Å². The molecule has 0 amide bonds. The second-order valence-electron chi connectivity index (χ2n) is 3.45. The van der Waals surface area contributed by atoms with E-state index >= 15 is 0 Å². The Bertz CT molecular complexity index is 372. The number of methoxy groups -OCH3 is 1. The maximum Gasteiger partial charge on any atom is 0.119 e. The predicted octanol–water partition coefficient (Wildman–Crippen LogP) is 1.69. The van der Waals surface area contributed by atoms with E-state index in [0.717, 1.165) is 30.7 Å². The fraction of sp³-hybridized carbons (Fsp3) is 0.364. The lowest BCUT2D eigenvalue weighted by Gasteiger charge is -2.17. The van der Waals surface area contributed by atoms with Crippen molar-refractivity contribution < 1.29 is 4.74 Å². The van der Waals surface area contributed by atoms with Crippen molar-refractivity contribution in [3.63, 3.8) is 0 Å². The zero-order valence-electron chi connectivity index (χ0n) is 8.29. The van der Waals surface area contributed by atoms with E-state index in [0.29, 0.717) is 0 Å². The molecule has 0 heterocycles. The van der Waals surface area contributed by atoms with Crippen LogP contribution in [0.25, 0.3) is 0 Å². The standard InChI is InChI=1S/C11H14N2O/c1-14-9-5-6-10-8(7-9)3-2-4-11(10)13-12/h5-7H,2-4,12H2,1H3/b13-11+. The minimum Gasteiger partial charge on any atom is -0.497 e. The lowest BCUT2D eigenvalue weighted by molar-refractivity contribution is 0.414. The largest absolute Gasteiger partial charge is 0.497 e. The van der Waals surface area contributed by atoms with E-state index < -0.39 is 0 Å². The van der Waals surface area contributed by atoms with E-state index in [1.54, 1.807) is 7.11 Å². The first-order valence-corrected chi connectivity index (χ1v) is 4.79. The van der Waals surface area contributed by atoms with Gasteiger partial charge in [-0.3, -0.25) is 0 Å². The van der Waals surface area contributed by atoms with Crippen LogP contribution in [0, 0.1) is 0 Å². The van der Waals surface area contributed by atoms with Crippen LogP contribution in [0.15, 0.2) is 23.3 Å². The van der Waals surface area contributed by atoms with E-state index in [2.05, 4.69) is 11.2 Å². The van der Waals surface area contributed by atoms with E-state index in [4.69, 9.17) is 10.6 Å². The molecule has 1 aromatic carbocycles. The molecule has 2 rings (SSSR count). The molecule has 1 aliphatic carbocycles. The van der Waals surface area contributed by atoms with Crippen LogP contribution in [0.5, 0.6) is 5.75 Å². The molecule has 0 atom stereocenters. The normalized spacial score (nSPS) is 17.9. The average Bonchev–Trinajstić information content (AvgIpc) is 2.27. The van der Waals surface area contributed by atoms with Gasteiger partial charge in [0, 0.05) is 5.56 Å². The Morgan fingerprint density at radius 1 is 1.36 bits per heavy atom. The highest BCUT2D eigenvalue weighted by Gasteiger charge is 2.15.